The summed E-state index contributed by atoms with van der Waals surface area (Å²) in [6.45, 7) is 7.31. The molecule has 4 nitrogen and oxygen atoms in total. The van der Waals surface area contributed by atoms with Crippen molar-refractivity contribution in [3.63, 3.8) is 0 Å². The van der Waals surface area contributed by atoms with Gasteiger partial charge in [0.1, 0.15) is 0 Å². The van der Waals surface area contributed by atoms with E-state index in [0.717, 1.165) is 0 Å². The first-order valence-electron chi connectivity index (χ1n) is 5.32. The van der Waals surface area contributed by atoms with E-state index in [9.17, 15) is 14.7 Å². The number of allylic oxidation sites excluding steroid dienone is 1. The zero-order chi connectivity index (χ0) is 12.1. The lowest BCUT2D eigenvalue weighted by molar-refractivity contribution is -0.128. The van der Waals surface area contributed by atoms with Crippen molar-refractivity contribution >= 4 is 11.7 Å². The molecule has 0 saturated carbocycles. The highest BCUT2D eigenvalue weighted by Gasteiger charge is 2.29. The fourth-order valence-corrected chi connectivity index (χ4v) is 1.71. The van der Waals surface area contributed by atoms with Crippen molar-refractivity contribution in [2.75, 3.05) is 6.54 Å². The minimum absolute atomic E-state index is 0.00518. The molecule has 0 spiro atoms. The van der Waals surface area contributed by atoms with Gasteiger partial charge in [-0.05, 0) is 12.8 Å². The summed E-state index contributed by atoms with van der Waals surface area (Å²) in [4.78, 5) is 22.7. The number of amides is 1. The summed E-state index contributed by atoms with van der Waals surface area (Å²) < 4.78 is 0. The molecular weight excluding hydrogens is 206 g/mol. The standard InChI is InChI=1S/C12H17NO3/c1-3-8(2)6-11(15)10-5-4-9(14)7-13-12(10)16/h3,10-11,15H,1-2,4-7H2,(H,13,16)/t10-,11?/m0/s1. The van der Waals surface area contributed by atoms with Crippen LogP contribution in [0.3, 0.4) is 0 Å². The number of rotatable bonds is 4. The minimum Gasteiger partial charge on any atom is -0.392 e. The van der Waals surface area contributed by atoms with Gasteiger partial charge in [0.2, 0.25) is 5.91 Å². The molecule has 0 bridgehead atoms. The van der Waals surface area contributed by atoms with Crippen molar-refractivity contribution in [3.8, 4) is 0 Å². The van der Waals surface area contributed by atoms with Gasteiger partial charge in [0.25, 0.3) is 0 Å². The molecule has 0 aromatic carbocycles. The van der Waals surface area contributed by atoms with Crippen LogP contribution in [0, 0.1) is 5.92 Å². The van der Waals surface area contributed by atoms with Crippen molar-refractivity contribution < 1.29 is 14.7 Å². The Bertz CT molecular complexity index is 322. The lowest BCUT2D eigenvalue weighted by atomic mass is 9.92. The van der Waals surface area contributed by atoms with E-state index >= 15 is 0 Å². The number of Topliss-reactive ketones (excluding diaryl/α,β-unsaturated/α-hetero) is 1. The summed E-state index contributed by atoms with van der Waals surface area (Å²) in [7, 11) is 0. The third kappa shape index (κ3) is 3.31. The zero-order valence-corrected chi connectivity index (χ0v) is 9.24. The van der Waals surface area contributed by atoms with E-state index in [-0.39, 0.29) is 18.2 Å². The third-order valence-corrected chi connectivity index (χ3v) is 2.76. The molecule has 0 aliphatic carbocycles. The van der Waals surface area contributed by atoms with Crippen molar-refractivity contribution in [3.05, 3.63) is 24.8 Å². The average Bonchev–Trinajstić information content (AvgIpc) is 2.41. The Kier molecular flexibility index (Phi) is 4.43. The van der Waals surface area contributed by atoms with Crippen LogP contribution in [-0.2, 0) is 9.59 Å². The second-order valence-electron chi connectivity index (χ2n) is 4.04. The molecule has 88 valence electrons. The fraction of sp³-hybridized carbons (Fsp3) is 0.500. The minimum atomic E-state index is -0.795. The van der Waals surface area contributed by atoms with Crippen molar-refractivity contribution in [2.24, 2.45) is 5.92 Å². The molecule has 1 aliphatic heterocycles. The van der Waals surface area contributed by atoms with Gasteiger partial charge in [-0.3, -0.25) is 9.59 Å². The van der Waals surface area contributed by atoms with Crippen molar-refractivity contribution in [1.29, 1.82) is 0 Å². The number of nitrogens with one attached hydrogen (secondary N) is 1. The summed E-state index contributed by atoms with van der Waals surface area (Å²) in [6.07, 6.45) is 1.81. The number of ketones is 1. The van der Waals surface area contributed by atoms with Crippen LogP contribution in [0.25, 0.3) is 0 Å². The molecule has 1 aliphatic rings. The molecule has 1 fully saturated rings. The van der Waals surface area contributed by atoms with Crippen LogP contribution in [0.5, 0.6) is 0 Å². The van der Waals surface area contributed by atoms with Crippen molar-refractivity contribution in [2.45, 2.75) is 25.4 Å². The Balaban J connectivity index is 2.62. The molecule has 1 amide bonds. The number of carbonyl (C=O) groups is 2. The smallest absolute Gasteiger partial charge is 0.226 e. The number of hydrogen-bond donors (Lipinski definition) is 2. The molecule has 1 unspecified atom stereocenters. The number of aliphatic hydroxyl groups is 1. The maximum atomic E-state index is 11.6. The summed E-state index contributed by atoms with van der Waals surface area (Å²) >= 11 is 0. The predicted molar refractivity (Wildman–Crippen MR) is 60.7 cm³/mol. The van der Waals surface area contributed by atoms with Gasteiger partial charge >= 0.3 is 0 Å². The molecule has 1 heterocycles. The van der Waals surface area contributed by atoms with E-state index < -0.39 is 12.0 Å². The zero-order valence-electron chi connectivity index (χ0n) is 9.24. The highest BCUT2D eigenvalue weighted by molar-refractivity contribution is 5.89. The molecule has 0 radical (unpaired) electrons. The number of hydrogen-bond acceptors (Lipinski definition) is 3. The Morgan fingerprint density at radius 3 is 2.94 bits per heavy atom. The van der Waals surface area contributed by atoms with Gasteiger partial charge in [0.05, 0.1) is 18.6 Å². The van der Waals surface area contributed by atoms with Crippen LogP contribution < -0.4 is 5.32 Å². The summed E-state index contributed by atoms with van der Waals surface area (Å²) in [5.74, 6) is -0.774. The maximum absolute atomic E-state index is 11.6. The molecule has 0 aromatic rings. The van der Waals surface area contributed by atoms with E-state index in [1.807, 2.05) is 0 Å². The van der Waals surface area contributed by atoms with Crippen LogP contribution in [0.15, 0.2) is 24.8 Å². The molecular formula is C12H17NO3. The largest absolute Gasteiger partial charge is 0.392 e. The number of carbonyl (C=O) groups excluding carboxylic acids is 2. The SMILES string of the molecule is C=CC(=C)CC(O)[C@@H]1CCC(=O)CNC1=O. The van der Waals surface area contributed by atoms with Gasteiger partial charge in [-0.1, -0.05) is 24.8 Å². The van der Waals surface area contributed by atoms with E-state index in [4.69, 9.17) is 0 Å². The summed E-state index contributed by atoms with van der Waals surface area (Å²) in [6, 6.07) is 0. The van der Waals surface area contributed by atoms with Gasteiger partial charge in [-0.2, -0.15) is 0 Å². The normalized spacial score (nSPS) is 23.2. The molecule has 2 N–H and O–H groups in total. The Morgan fingerprint density at radius 1 is 1.62 bits per heavy atom. The topological polar surface area (TPSA) is 66.4 Å². The van der Waals surface area contributed by atoms with Gasteiger partial charge in [0, 0.05) is 6.42 Å². The van der Waals surface area contributed by atoms with Crippen LogP contribution in [0.4, 0.5) is 0 Å². The van der Waals surface area contributed by atoms with E-state index in [0.29, 0.717) is 24.8 Å². The monoisotopic (exact) mass is 223 g/mol. The van der Waals surface area contributed by atoms with E-state index in [1.165, 1.54) is 0 Å². The van der Waals surface area contributed by atoms with E-state index in [1.54, 1.807) is 6.08 Å². The third-order valence-electron chi connectivity index (χ3n) is 2.76. The molecule has 1 rings (SSSR count). The molecule has 4 heteroatoms. The summed E-state index contributed by atoms with van der Waals surface area (Å²) in [5.41, 5.74) is 0.691. The van der Waals surface area contributed by atoms with Gasteiger partial charge in [0.15, 0.2) is 5.78 Å². The van der Waals surface area contributed by atoms with Gasteiger partial charge in [-0.15, -0.1) is 0 Å². The molecule has 2 atom stereocenters. The molecule has 1 saturated heterocycles. The predicted octanol–water partition coefficient (Wildman–Crippen LogP) is 0.575. The lowest BCUT2D eigenvalue weighted by Gasteiger charge is -2.19. The first-order valence-corrected chi connectivity index (χ1v) is 5.32. The molecule has 0 aromatic heterocycles. The summed E-state index contributed by atoms with van der Waals surface area (Å²) in [5, 5.41) is 12.4. The van der Waals surface area contributed by atoms with Crippen LogP contribution >= 0.6 is 0 Å². The second kappa shape index (κ2) is 5.61. The maximum Gasteiger partial charge on any atom is 0.226 e. The quantitative estimate of drug-likeness (QED) is 0.685. The van der Waals surface area contributed by atoms with E-state index in [2.05, 4.69) is 18.5 Å². The highest BCUT2D eigenvalue weighted by atomic mass is 16.3. The van der Waals surface area contributed by atoms with Crippen LogP contribution in [0.1, 0.15) is 19.3 Å². The highest BCUT2D eigenvalue weighted by Crippen LogP contribution is 2.20. The van der Waals surface area contributed by atoms with Crippen molar-refractivity contribution in [1.82, 2.24) is 5.32 Å². The second-order valence-corrected chi connectivity index (χ2v) is 4.04. The Labute approximate surface area is 95.0 Å². The van der Waals surface area contributed by atoms with Gasteiger partial charge in [-0.25, -0.2) is 0 Å². The first kappa shape index (κ1) is 12.6. The van der Waals surface area contributed by atoms with Crippen LogP contribution in [0.2, 0.25) is 0 Å². The average molecular weight is 223 g/mol. The number of aliphatic hydroxyl groups excluding tert-OH is 1. The Morgan fingerprint density at radius 2 is 2.31 bits per heavy atom. The first-order chi connectivity index (χ1) is 7.54. The Hall–Kier alpha value is -1.42. The molecule has 16 heavy (non-hydrogen) atoms. The van der Waals surface area contributed by atoms with Crippen LogP contribution in [-0.4, -0.2) is 29.4 Å². The lowest BCUT2D eigenvalue weighted by Crippen LogP contribution is -2.36. The van der Waals surface area contributed by atoms with Gasteiger partial charge < -0.3 is 10.4 Å². The fourth-order valence-electron chi connectivity index (χ4n) is 1.71.